The summed E-state index contributed by atoms with van der Waals surface area (Å²) in [6.45, 7) is 5.67. The van der Waals surface area contributed by atoms with Crippen LogP contribution in [0.4, 0.5) is 17.1 Å². The summed E-state index contributed by atoms with van der Waals surface area (Å²) in [5.41, 5.74) is 6.58. The molecule has 0 unspecified atom stereocenters. The van der Waals surface area contributed by atoms with Crippen LogP contribution in [-0.4, -0.2) is 101 Å². The summed E-state index contributed by atoms with van der Waals surface area (Å²) in [7, 11) is 9.91. The average Bonchev–Trinajstić information content (AvgIpc) is 3.01. The van der Waals surface area contributed by atoms with Crippen LogP contribution in [0.15, 0.2) is 54.6 Å². The zero-order chi connectivity index (χ0) is 30.2. The number of rotatable bonds is 6. The van der Waals surface area contributed by atoms with Crippen LogP contribution in [0.5, 0.6) is 17.2 Å². The maximum atomic E-state index is 6.56. The van der Waals surface area contributed by atoms with Crippen molar-refractivity contribution in [2.24, 2.45) is 0 Å². The van der Waals surface area contributed by atoms with Gasteiger partial charge in [0.15, 0.2) is 0 Å². The fourth-order valence-electron chi connectivity index (χ4n) is 5.47. The molecule has 0 atom stereocenters. The van der Waals surface area contributed by atoms with Gasteiger partial charge in [-0.15, -0.1) is 0 Å². The highest BCUT2D eigenvalue weighted by molar-refractivity contribution is 5.68. The quantitative estimate of drug-likeness (QED) is 0.308. The highest BCUT2D eigenvalue weighted by atomic mass is 16.6. The fourth-order valence-corrected chi connectivity index (χ4v) is 5.47. The Morgan fingerprint density at radius 3 is 1.86 bits per heavy atom. The fraction of sp³-hybridized carbons (Fsp3) is 0.471. The molecule has 3 aromatic carbocycles. The van der Waals surface area contributed by atoms with Crippen molar-refractivity contribution < 1.29 is 28.4 Å². The van der Waals surface area contributed by atoms with E-state index in [-0.39, 0.29) is 5.92 Å². The van der Waals surface area contributed by atoms with Crippen LogP contribution < -0.4 is 24.2 Å². The van der Waals surface area contributed by atoms with E-state index in [0.29, 0.717) is 65.9 Å². The second-order valence-corrected chi connectivity index (χ2v) is 11.2. The third kappa shape index (κ3) is 7.54. The molecule has 2 aliphatic heterocycles. The second-order valence-electron chi connectivity index (χ2n) is 11.2. The summed E-state index contributed by atoms with van der Waals surface area (Å²) in [5, 5.41) is 0. The van der Waals surface area contributed by atoms with Gasteiger partial charge < -0.3 is 43.1 Å². The first-order valence-electron chi connectivity index (χ1n) is 15.0. The topological polar surface area (TPSA) is 65.1 Å². The Morgan fingerprint density at radius 2 is 1.28 bits per heavy atom. The van der Waals surface area contributed by atoms with Gasteiger partial charge in [0.05, 0.1) is 51.9 Å². The predicted octanol–water partition coefficient (Wildman–Crippen LogP) is 5.00. The molecular formula is C34H45N3O6. The maximum Gasteiger partial charge on any atom is 0.143 e. The summed E-state index contributed by atoms with van der Waals surface area (Å²) in [5.74, 6) is 2.52. The largest absolute Gasteiger partial charge is 0.489 e. The molecule has 9 nitrogen and oxygen atoms in total. The summed E-state index contributed by atoms with van der Waals surface area (Å²) < 4.78 is 35.7. The number of benzene rings is 3. The number of fused-ring (bicyclic) bond motifs is 3. The van der Waals surface area contributed by atoms with Crippen LogP contribution in [0.25, 0.3) is 0 Å². The first-order valence-corrected chi connectivity index (χ1v) is 15.0. The molecule has 43 heavy (non-hydrogen) atoms. The first kappa shape index (κ1) is 30.9. The molecule has 0 fully saturated rings. The SMILES string of the molecule is COCCN1CCOCCOCCOCCOc2cc(C3c4ccc(N(C)C)cc4Oc4cc(N(C)C)ccc43)ccc21. The Kier molecular flexibility index (Phi) is 10.6. The van der Waals surface area contributed by atoms with Crippen LogP contribution in [0.1, 0.15) is 22.6 Å². The van der Waals surface area contributed by atoms with Crippen LogP contribution in [-0.2, 0) is 18.9 Å². The van der Waals surface area contributed by atoms with E-state index in [9.17, 15) is 0 Å². The Labute approximate surface area is 255 Å². The Hall–Kier alpha value is -3.50. The van der Waals surface area contributed by atoms with E-state index in [0.717, 1.165) is 51.0 Å². The molecular weight excluding hydrogens is 546 g/mol. The van der Waals surface area contributed by atoms with Crippen molar-refractivity contribution in [1.29, 1.82) is 0 Å². The number of hydrogen-bond donors (Lipinski definition) is 0. The number of nitrogens with zero attached hydrogens (tertiary/aromatic N) is 3. The van der Waals surface area contributed by atoms with Gasteiger partial charge in [0.1, 0.15) is 23.9 Å². The monoisotopic (exact) mass is 591 g/mol. The number of anilines is 3. The molecule has 0 aliphatic carbocycles. The standard InChI is InChI=1S/C34H45N3O6/c1-35(2)26-7-9-28-31(23-26)43-32-24-27(36(3)4)8-10-29(32)34(28)25-6-11-30-33(22-25)42-21-20-41-19-18-40-17-16-39-15-13-37(30)12-14-38-5/h6-11,22-24,34H,12-21H2,1-5H3. The van der Waals surface area contributed by atoms with E-state index < -0.39 is 0 Å². The van der Waals surface area contributed by atoms with E-state index in [1.54, 1.807) is 7.11 Å². The highest BCUT2D eigenvalue weighted by Crippen LogP contribution is 2.50. The summed E-state index contributed by atoms with van der Waals surface area (Å²) in [6, 6.07) is 19.5. The smallest absolute Gasteiger partial charge is 0.143 e. The van der Waals surface area contributed by atoms with Crippen molar-refractivity contribution in [3.05, 3.63) is 71.3 Å². The first-order chi connectivity index (χ1) is 21.0. The Morgan fingerprint density at radius 1 is 0.698 bits per heavy atom. The summed E-state index contributed by atoms with van der Waals surface area (Å²) in [6.07, 6.45) is 0. The zero-order valence-corrected chi connectivity index (χ0v) is 26.1. The molecule has 0 saturated heterocycles. The molecule has 0 N–H and O–H groups in total. The van der Waals surface area contributed by atoms with E-state index >= 15 is 0 Å². The minimum Gasteiger partial charge on any atom is -0.489 e. The van der Waals surface area contributed by atoms with E-state index in [4.69, 9.17) is 28.4 Å². The van der Waals surface area contributed by atoms with Gasteiger partial charge >= 0.3 is 0 Å². The second kappa shape index (κ2) is 14.8. The minimum atomic E-state index is -0.0270. The number of ether oxygens (including phenoxy) is 6. The van der Waals surface area contributed by atoms with Crippen molar-refractivity contribution >= 4 is 17.1 Å². The zero-order valence-electron chi connectivity index (χ0n) is 26.1. The summed E-state index contributed by atoms with van der Waals surface area (Å²) >= 11 is 0. The Bertz CT molecular complexity index is 1290. The van der Waals surface area contributed by atoms with Gasteiger partial charge in [0, 0.05) is 88.9 Å². The van der Waals surface area contributed by atoms with Crippen molar-refractivity contribution in [1.82, 2.24) is 0 Å². The summed E-state index contributed by atoms with van der Waals surface area (Å²) in [4.78, 5) is 6.46. The van der Waals surface area contributed by atoms with Gasteiger partial charge in [0.2, 0.25) is 0 Å². The molecule has 3 aromatic rings. The van der Waals surface area contributed by atoms with Gasteiger partial charge in [-0.1, -0.05) is 18.2 Å². The molecule has 9 heteroatoms. The van der Waals surface area contributed by atoms with Gasteiger partial charge in [0.25, 0.3) is 0 Å². The highest BCUT2D eigenvalue weighted by Gasteiger charge is 2.30. The third-order valence-electron chi connectivity index (χ3n) is 7.83. The number of methoxy groups -OCH3 is 1. The van der Waals surface area contributed by atoms with Crippen LogP contribution >= 0.6 is 0 Å². The molecule has 0 aromatic heterocycles. The molecule has 0 amide bonds. The molecule has 2 aliphatic rings. The van der Waals surface area contributed by atoms with E-state index in [1.807, 2.05) is 28.2 Å². The van der Waals surface area contributed by atoms with Crippen LogP contribution in [0.3, 0.4) is 0 Å². The molecule has 2 heterocycles. The lowest BCUT2D eigenvalue weighted by Gasteiger charge is -2.32. The van der Waals surface area contributed by atoms with E-state index in [2.05, 4.69) is 69.3 Å². The molecule has 0 spiro atoms. The number of hydrogen-bond acceptors (Lipinski definition) is 9. The molecule has 5 rings (SSSR count). The van der Waals surface area contributed by atoms with Gasteiger partial charge in [-0.25, -0.2) is 0 Å². The molecule has 0 radical (unpaired) electrons. The van der Waals surface area contributed by atoms with E-state index in [1.165, 1.54) is 0 Å². The maximum absolute atomic E-state index is 6.56. The Balaban J connectivity index is 1.57. The van der Waals surface area contributed by atoms with Gasteiger partial charge in [-0.2, -0.15) is 0 Å². The van der Waals surface area contributed by atoms with Crippen molar-refractivity contribution in [2.75, 3.05) is 116 Å². The van der Waals surface area contributed by atoms with Crippen LogP contribution in [0.2, 0.25) is 0 Å². The lowest BCUT2D eigenvalue weighted by atomic mass is 9.82. The van der Waals surface area contributed by atoms with Crippen molar-refractivity contribution in [2.45, 2.75) is 5.92 Å². The van der Waals surface area contributed by atoms with Gasteiger partial charge in [-0.05, 0) is 29.8 Å². The van der Waals surface area contributed by atoms with Gasteiger partial charge in [-0.3, -0.25) is 0 Å². The third-order valence-corrected chi connectivity index (χ3v) is 7.83. The lowest BCUT2D eigenvalue weighted by Crippen LogP contribution is -2.31. The normalized spacial score (nSPS) is 16.4. The molecule has 0 saturated carbocycles. The minimum absolute atomic E-state index is 0.0270. The average molecular weight is 592 g/mol. The predicted molar refractivity (Wildman–Crippen MR) is 171 cm³/mol. The van der Waals surface area contributed by atoms with Crippen LogP contribution in [0, 0.1) is 0 Å². The van der Waals surface area contributed by atoms with Crippen molar-refractivity contribution in [3.63, 3.8) is 0 Å². The molecule has 0 bridgehead atoms. The molecule has 232 valence electrons. The lowest BCUT2D eigenvalue weighted by molar-refractivity contribution is 0.0110. The van der Waals surface area contributed by atoms with Crippen molar-refractivity contribution in [3.8, 4) is 17.2 Å².